The van der Waals surface area contributed by atoms with Crippen molar-refractivity contribution in [3.8, 4) is 5.75 Å². The van der Waals surface area contributed by atoms with Crippen LogP contribution in [-0.2, 0) is 6.54 Å². The zero-order valence-electron chi connectivity index (χ0n) is 16.1. The van der Waals surface area contributed by atoms with Crippen LogP contribution in [0.2, 0.25) is 0 Å². The molecule has 1 atom stereocenters. The first-order valence-corrected chi connectivity index (χ1v) is 10.3. The maximum atomic E-state index is 5.99. The topological polar surface area (TPSA) is 27.7 Å². The monoisotopic (exact) mass is 365 g/mol. The molecule has 4 heteroatoms. The lowest BCUT2D eigenvalue weighted by Gasteiger charge is -2.36. The maximum Gasteiger partial charge on any atom is 0.119 e. The third-order valence-electron chi connectivity index (χ3n) is 5.71. The molecule has 4 rings (SSSR count). The van der Waals surface area contributed by atoms with Crippen LogP contribution in [0.25, 0.3) is 0 Å². The van der Waals surface area contributed by atoms with Gasteiger partial charge in [0.05, 0.1) is 6.61 Å². The molecular weight excluding hydrogens is 334 g/mol. The van der Waals surface area contributed by atoms with Gasteiger partial charge >= 0.3 is 0 Å². The molecule has 0 unspecified atom stereocenters. The molecule has 0 aromatic heterocycles. The lowest BCUT2D eigenvalue weighted by Crippen LogP contribution is -2.45. The number of hydrogen-bond acceptors (Lipinski definition) is 4. The number of ether oxygens (including phenoxy) is 1. The second-order valence-corrected chi connectivity index (χ2v) is 7.77. The first-order valence-electron chi connectivity index (χ1n) is 10.3. The largest absolute Gasteiger partial charge is 0.493 e. The SMILES string of the molecule is c1ccc(N2CCN(Cc3ccc(OC[C@@H]4CCCNC4)cc3)CC2)cc1. The summed E-state index contributed by atoms with van der Waals surface area (Å²) < 4.78 is 5.99. The van der Waals surface area contributed by atoms with Crippen LogP contribution in [0.15, 0.2) is 54.6 Å². The van der Waals surface area contributed by atoms with Gasteiger partial charge in [-0.05, 0) is 49.2 Å². The zero-order valence-corrected chi connectivity index (χ0v) is 16.1. The summed E-state index contributed by atoms with van der Waals surface area (Å²) >= 11 is 0. The minimum Gasteiger partial charge on any atom is -0.493 e. The Kier molecular flexibility index (Phi) is 6.28. The summed E-state index contributed by atoms with van der Waals surface area (Å²) in [6.07, 6.45) is 2.55. The third kappa shape index (κ3) is 5.24. The summed E-state index contributed by atoms with van der Waals surface area (Å²) in [6, 6.07) is 19.4. The summed E-state index contributed by atoms with van der Waals surface area (Å²) in [4.78, 5) is 5.02. The standard InChI is InChI=1S/C23H31N3O/c1-2-6-22(7-3-1)26-15-13-25(14-16-26)18-20-8-10-23(11-9-20)27-19-21-5-4-12-24-17-21/h1-3,6-11,21,24H,4-5,12-19H2/t21-/m1/s1. The molecule has 0 amide bonds. The van der Waals surface area contributed by atoms with Gasteiger partial charge in [-0.3, -0.25) is 4.90 Å². The molecule has 1 N–H and O–H groups in total. The highest BCUT2D eigenvalue weighted by Gasteiger charge is 2.17. The fourth-order valence-electron chi connectivity index (χ4n) is 4.03. The van der Waals surface area contributed by atoms with Crippen molar-refractivity contribution in [1.82, 2.24) is 10.2 Å². The number of piperidine rings is 1. The van der Waals surface area contributed by atoms with Gasteiger partial charge in [-0.2, -0.15) is 0 Å². The summed E-state index contributed by atoms with van der Waals surface area (Å²) in [6.45, 7) is 8.52. The van der Waals surface area contributed by atoms with E-state index in [1.54, 1.807) is 0 Å². The van der Waals surface area contributed by atoms with Gasteiger partial charge in [0, 0.05) is 50.9 Å². The fourth-order valence-corrected chi connectivity index (χ4v) is 4.03. The molecule has 2 aromatic carbocycles. The fraction of sp³-hybridized carbons (Fsp3) is 0.478. The van der Waals surface area contributed by atoms with Crippen LogP contribution in [0, 0.1) is 5.92 Å². The highest BCUT2D eigenvalue weighted by molar-refractivity contribution is 5.46. The van der Waals surface area contributed by atoms with E-state index in [0.717, 1.165) is 58.2 Å². The average molecular weight is 366 g/mol. The van der Waals surface area contributed by atoms with E-state index in [1.807, 2.05) is 0 Å². The number of para-hydroxylation sites is 1. The number of rotatable bonds is 6. The maximum absolute atomic E-state index is 5.99. The smallest absolute Gasteiger partial charge is 0.119 e. The van der Waals surface area contributed by atoms with Crippen LogP contribution in [0.3, 0.4) is 0 Å². The summed E-state index contributed by atoms with van der Waals surface area (Å²) in [5, 5.41) is 3.45. The van der Waals surface area contributed by atoms with E-state index in [2.05, 4.69) is 69.7 Å². The number of piperazine rings is 1. The molecule has 4 nitrogen and oxygen atoms in total. The summed E-state index contributed by atoms with van der Waals surface area (Å²) in [5.74, 6) is 1.65. The molecule has 0 saturated carbocycles. The van der Waals surface area contributed by atoms with E-state index < -0.39 is 0 Å². The molecule has 2 aromatic rings. The molecule has 0 aliphatic carbocycles. The molecule has 2 saturated heterocycles. The Bertz CT molecular complexity index is 675. The predicted octanol–water partition coefficient (Wildman–Crippen LogP) is 3.39. The Balaban J connectivity index is 1.22. The molecule has 144 valence electrons. The first-order chi connectivity index (χ1) is 13.4. The van der Waals surface area contributed by atoms with Crippen LogP contribution in [-0.4, -0.2) is 50.8 Å². The minimum atomic E-state index is 0.652. The minimum absolute atomic E-state index is 0.652. The third-order valence-corrected chi connectivity index (χ3v) is 5.71. The molecule has 2 aliphatic heterocycles. The van der Waals surface area contributed by atoms with E-state index in [-0.39, 0.29) is 0 Å². The Morgan fingerprint density at radius 3 is 2.41 bits per heavy atom. The molecule has 0 bridgehead atoms. The van der Waals surface area contributed by atoms with E-state index in [0.29, 0.717) is 5.92 Å². The van der Waals surface area contributed by atoms with Crippen LogP contribution in [0.4, 0.5) is 5.69 Å². The van der Waals surface area contributed by atoms with Gasteiger partial charge in [-0.15, -0.1) is 0 Å². The van der Waals surface area contributed by atoms with Crippen molar-refractivity contribution in [3.63, 3.8) is 0 Å². The molecule has 2 fully saturated rings. The second-order valence-electron chi connectivity index (χ2n) is 7.77. The van der Waals surface area contributed by atoms with Crippen molar-refractivity contribution in [2.24, 2.45) is 5.92 Å². The first kappa shape index (κ1) is 18.3. The van der Waals surface area contributed by atoms with E-state index in [1.165, 1.54) is 24.1 Å². The van der Waals surface area contributed by atoms with Crippen LogP contribution >= 0.6 is 0 Å². The normalized spacial score (nSPS) is 21.2. The van der Waals surface area contributed by atoms with Gasteiger partial charge in [0.15, 0.2) is 0 Å². The molecule has 0 spiro atoms. The Hall–Kier alpha value is -2.04. The Labute approximate surface area is 163 Å². The van der Waals surface area contributed by atoms with Crippen LogP contribution in [0.1, 0.15) is 18.4 Å². The average Bonchev–Trinajstić information content (AvgIpc) is 2.75. The van der Waals surface area contributed by atoms with Gasteiger partial charge in [0.1, 0.15) is 5.75 Å². The van der Waals surface area contributed by atoms with Gasteiger partial charge in [-0.25, -0.2) is 0 Å². The number of anilines is 1. The van der Waals surface area contributed by atoms with Crippen molar-refractivity contribution in [2.75, 3.05) is 50.8 Å². The Morgan fingerprint density at radius 1 is 0.926 bits per heavy atom. The zero-order chi connectivity index (χ0) is 18.3. The highest BCUT2D eigenvalue weighted by Crippen LogP contribution is 2.19. The van der Waals surface area contributed by atoms with Gasteiger partial charge < -0.3 is 15.0 Å². The quantitative estimate of drug-likeness (QED) is 0.849. The number of nitrogens with zero attached hydrogens (tertiary/aromatic N) is 2. The summed E-state index contributed by atoms with van der Waals surface area (Å²) in [7, 11) is 0. The van der Waals surface area contributed by atoms with Crippen molar-refractivity contribution < 1.29 is 4.74 Å². The van der Waals surface area contributed by atoms with Crippen molar-refractivity contribution in [2.45, 2.75) is 19.4 Å². The van der Waals surface area contributed by atoms with E-state index in [9.17, 15) is 0 Å². The van der Waals surface area contributed by atoms with Gasteiger partial charge in [0.2, 0.25) is 0 Å². The summed E-state index contributed by atoms with van der Waals surface area (Å²) in [5.41, 5.74) is 2.71. The number of nitrogens with one attached hydrogen (secondary N) is 1. The lowest BCUT2D eigenvalue weighted by atomic mass is 10.0. The highest BCUT2D eigenvalue weighted by atomic mass is 16.5. The van der Waals surface area contributed by atoms with Gasteiger partial charge in [-0.1, -0.05) is 30.3 Å². The van der Waals surface area contributed by atoms with E-state index in [4.69, 9.17) is 4.74 Å². The molecule has 27 heavy (non-hydrogen) atoms. The predicted molar refractivity (Wildman–Crippen MR) is 111 cm³/mol. The molecular formula is C23H31N3O. The van der Waals surface area contributed by atoms with Gasteiger partial charge in [0.25, 0.3) is 0 Å². The lowest BCUT2D eigenvalue weighted by molar-refractivity contribution is 0.218. The van der Waals surface area contributed by atoms with Crippen LogP contribution in [0.5, 0.6) is 5.75 Å². The van der Waals surface area contributed by atoms with Crippen molar-refractivity contribution >= 4 is 5.69 Å². The number of benzene rings is 2. The second kappa shape index (κ2) is 9.25. The number of hydrogen-bond donors (Lipinski definition) is 1. The molecule has 2 heterocycles. The molecule has 0 radical (unpaired) electrons. The molecule has 2 aliphatic rings. The van der Waals surface area contributed by atoms with E-state index >= 15 is 0 Å². The Morgan fingerprint density at radius 2 is 1.70 bits per heavy atom. The van der Waals surface area contributed by atoms with Crippen molar-refractivity contribution in [1.29, 1.82) is 0 Å². The van der Waals surface area contributed by atoms with Crippen LogP contribution < -0.4 is 15.0 Å². The van der Waals surface area contributed by atoms with Crippen molar-refractivity contribution in [3.05, 3.63) is 60.2 Å².